The Hall–Kier alpha value is -0.860. The van der Waals surface area contributed by atoms with Crippen molar-refractivity contribution in [1.29, 1.82) is 0 Å². The molecule has 18 heavy (non-hydrogen) atoms. The van der Waals surface area contributed by atoms with Gasteiger partial charge in [-0.3, -0.25) is 0 Å². The zero-order chi connectivity index (χ0) is 13.0. The lowest BCUT2D eigenvalue weighted by Crippen LogP contribution is -2.22. The fourth-order valence-electron chi connectivity index (χ4n) is 2.62. The minimum atomic E-state index is 0.287. The van der Waals surface area contributed by atoms with Crippen LogP contribution in [0.25, 0.3) is 0 Å². The van der Waals surface area contributed by atoms with Crippen molar-refractivity contribution in [3.05, 3.63) is 35.4 Å². The molecule has 0 bridgehead atoms. The monoisotopic (exact) mass is 247 g/mol. The normalized spacial score (nSPS) is 19.3. The first-order chi connectivity index (χ1) is 8.74. The Morgan fingerprint density at radius 1 is 1.39 bits per heavy atom. The predicted molar refractivity (Wildman–Crippen MR) is 75.9 cm³/mol. The van der Waals surface area contributed by atoms with Gasteiger partial charge >= 0.3 is 0 Å². The molecule has 0 saturated heterocycles. The second kappa shape index (κ2) is 6.35. The predicted octanol–water partition coefficient (Wildman–Crippen LogP) is 3.64. The summed E-state index contributed by atoms with van der Waals surface area (Å²) in [6.07, 6.45) is 5.42. The number of methoxy groups -OCH3 is 1. The standard InChI is InChI=1S/C16H25NO/c1-12(18-3)10-16(17-2)15-9-5-8-14(11-15)13-6-4-7-13/h5,8-9,11-13,16-17H,4,6-7,10H2,1-3H3. The van der Waals surface area contributed by atoms with Crippen molar-refractivity contribution in [2.75, 3.05) is 14.2 Å². The van der Waals surface area contributed by atoms with E-state index in [0.29, 0.717) is 6.04 Å². The van der Waals surface area contributed by atoms with Crippen LogP contribution in [0.2, 0.25) is 0 Å². The summed E-state index contributed by atoms with van der Waals surface area (Å²) in [7, 11) is 3.81. The van der Waals surface area contributed by atoms with E-state index in [9.17, 15) is 0 Å². The van der Waals surface area contributed by atoms with Crippen LogP contribution in [0.5, 0.6) is 0 Å². The lowest BCUT2D eigenvalue weighted by Gasteiger charge is -2.27. The lowest BCUT2D eigenvalue weighted by atomic mass is 9.79. The van der Waals surface area contributed by atoms with Gasteiger partial charge in [-0.15, -0.1) is 0 Å². The van der Waals surface area contributed by atoms with Crippen molar-refractivity contribution in [2.45, 2.75) is 50.7 Å². The number of hydrogen-bond acceptors (Lipinski definition) is 2. The molecule has 2 heteroatoms. The highest BCUT2D eigenvalue weighted by molar-refractivity contribution is 5.29. The Morgan fingerprint density at radius 2 is 2.17 bits per heavy atom. The maximum atomic E-state index is 5.37. The van der Waals surface area contributed by atoms with Crippen LogP contribution < -0.4 is 5.32 Å². The number of ether oxygens (including phenoxy) is 1. The number of benzene rings is 1. The Kier molecular flexibility index (Phi) is 4.79. The van der Waals surface area contributed by atoms with E-state index in [2.05, 4.69) is 36.5 Å². The zero-order valence-electron chi connectivity index (χ0n) is 11.8. The van der Waals surface area contributed by atoms with Gasteiger partial charge in [0.1, 0.15) is 0 Å². The van der Waals surface area contributed by atoms with Crippen LogP contribution >= 0.6 is 0 Å². The second-order valence-corrected chi connectivity index (χ2v) is 5.42. The molecule has 0 aliphatic heterocycles. The van der Waals surface area contributed by atoms with E-state index >= 15 is 0 Å². The molecule has 1 aromatic carbocycles. The van der Waals surface area contributed by atoms with Gasteiger partial charge in [0.05, 0.1) is 6.10 Å². The van der Waals surface area contributed by atoms with Gasteiger partial charge in [0.15, 0.2) is 0 Å². The van der Waals surface area contributed by atoms with Crippen LogP contribution in [0.1, 0.15) is 55.7 Å². The van der Waals surface area contributed by atoms with Crippen LogP contribution in [-0.4, -0.2) is 20.3 Å². The summed E-state index contributed by atoms with van der Waals surface area (Å²) in [5.74, 6) is 0.808. The molecule has 0 heterocycles. The van der Waals surface area contributed by atoms with Crippen molar-refractivity contribution < 1.29 is 4.74 Å². The van der Waals surface area contributed by atoms with E-state index in [1.807, 2.05) is 7.05 Å². The fraction of sp³-hybridized carbons (Fsp3) is 0.625. The Balaban J connectivity index is 2.09. The number of hydrogen-bond donors (Lipinski definition) is 1. The van der Waals surface area contributed by atoms with Crippen LogP contribution in [0, 0.1) is 0 Å². The Labute approximate surface area is 111 Å². The molecular weight excluding hydrogens is 222 g/mol. The maximum absolute atomic E-state index is 5.37. The average Bonchev–Trinajstić information content (AvgIpc) is 2.34. The minimum absolute atomic E-state index is 0.287. The summed E-state index contributed by atoms with van der Waals surface area (Å²) in [5.41, 5.74) is 2.91. The van der Waals surface area contributed by atoms with Crippen LogP contribution in [0.4, 0.5) is 0 Å². The largest absolute Gasteiger partial charge is 0.382 e. The van der Waals surface area contributed by atoms with Crippen LogP contribution in [0.3, 0.4) is 0 Å². The van der Waals surface area contributed by atoms with Crippen molar-refractivity contribution in [3.8, 4) is 0 Å². The number of rotatable bonds is 6. The molecule has 2 atom stereocenters. The molecule has 1 aliphatic carbocycles. The summed E-state index contributed by atoms with van der Waals surface area (Å²) in [6.45, 7) is 2.13. The summed E-state index contributed by atoms with van der Waals surface area (Å²) >= 11 is 0. The summed E-state index contributed by atoms with van der Waals surface area (Å²) in [5, 5.41) is 3.41. The molecule has 1 aromatic rings. The minimum Gasteiger partial charge on any atom is -0.382 e. The molecule has 2 nitrogen and oxygen atoms in total. The quantitative estimate of drug-likeness (QED) is 0.828. The smallest absolute Gasteiger partial charge is 0.0561 e. The van der Waals surface area contributed by atoms with Crippen molar-refractivity contribution in [1.82, 2.24) is 5.32 Å². The van der Waals surface area contributed by atoms with E-state index < -0.39 is 0 Å². The van der Waals surface area contributed by atoms with E-state index in [4.69, 9.17) is 4.74 Å². The zero-order valence-corrected chi connectivity index (χ0v) is 11.8. The highest BCUT2D eigenvalue weighted by Gasteiger charge is 2.21. The molecule has 1 aliphatic rings. The van der Waals surface area contributed by atoms with Gasteiger partial charge in [-0.05, 0) is 50.3 Å². The molecule has 0 spiro atoms. The fourth-order valence-corrected chi connectivity index (χ4v) is 2.62. The second-order valence-electron chi connectivity index (χ2n) is 5.42. The maximum Gasteiger partial charge on any atom is 0.0561 e. The highest BCUT2D eigenvalue weighted by Crippen LogP contribution is 2.37. The molecule has 1 saturated carbocycles. The molecule has 0 radical (unpaired) electrons. The third kappa shape index (κ3) is 3.12. The van der Waals surface area contributed by atoms with E-state index in [1.165, 1.54) is 30.4 Å². The summed E-state index contributed by atoms with van der Waals surface area (Å²) < 4.78 is 5.37. The molecule has 1 fully saturated rings. The molecule has 2 rings (SSSR count). The van der Waals surface area contributed by atoms with Crippen LogP contribution in [0.15, 0.2) is 24.3 Å². The van der Waals surface area contributed by atoms with Crippen molar-refractivity contribution in [3.63, 3.8) is 0 Å². The molecule has 100 valence electrons. The first-order valence-corrected chi connectivity index (χ1v) is 7.04. The molecule has 1 N–H and O–H groups in total. The van der Waals surface area contributed by atoms with Gasteiger partial charge in [0.25, 0.3) is 0 Å². The lowest BCUT2D eigenvalue weighted by molar-refractivity contribution is 0.101. The van der Waals surface area contributed by atoms with Gasteiger partial charge in [-0.25, -0.2) is 0 Å². The van der Waals surface area contributed by atoms with E-state index in [1.54, 1.807) is 7.11 Å². The Bertz CT molecular complexity index is 373. The van der Waals surface area contributed by atoms with Crippen molar-refractivity contribution >= 4 is 0 Å². The average molecular weight is 247 g/mol. The van der Waals surface area contributed by atoms with Gasteiger partial charge in [-0.1, -0.05) is 30.7 Å². The van der Waals surface area contributed by atoms with Crippen LogP contribution in [-0.2, 0) is 4.74 Å². The van der Waals surface area contributed by atoms with E-state index in [-0.39, 0.29) is 6.10 Å². The molecule has 0 amide bonds. The molecule has 0 aromatic heterocycles. The third-order valence-electron chi connectivity index (χ3n) is 4.21. The van der Waals surface area contributed by atoms with Crippen molar-refractivity contribution in [2.24, 2.45) is 0 Å². The van der Waals surface area contributed by atoms with E-state index in [0.717, 1.165) is 12.3 Å². The first kappa shape index (κ1) is 13.6. The van der Waals surface area contributed by atoms with Gasteiger partial charge in [-0.2, -0.15) is 0 Å². The third-order valence-corrected chi connectivity index (χ3v) is 4.21. The first-order valence-electron chi connectivity index (χ1n) is 7.04. The molecule has 2 unspecified atom stereocenters. The summed E-state index contributed by atoms with van der Waals surface area (Å²) in [4.78, 5) is 0. The van der Waals surface area contributed by atoms with Gasteiger partial charge < -0.3 is 10.1 Å². The van der Waals surface area contributed by atoms with Gasteiger partial charge in [0.2, 0.25) is 0 Å². The number of nitrogens with one attached hydrogen (secondary N) is 1. The Morgan fingerprint density at radius 3 is 2.72 bits per heavy atom. The SMILES string of the molecule is CNC(CC(C)OC)c1cccc(C2CCC2)c1. The van der Waals surface area contributed by atoms with Gasteiger partial charge in [0, 0.05) is 13.2 Å². The highest BCUT2D eigenvalue weighted by atomic mass is 16.5. The summed E-state index contributed by atoms with van der Waals surface area (Å²) in [6, 6.07) is 9.48. The molecular formula is C16H25NO. The topological polar surface area (TPSA) is 21.3 Å².